The molecular formula is C19H22N4O4S. The van der Waals surface area contributed by atoms with Crippen LogP contribution in [0.3, 0.4) is 0 Å². The van der Waals surface area contributed by atoms with Crippen molar-refractivity contribution in [3.05, 3.63) is 40.2 Å². The number of hydrogen-bond acceptors (Lipinski definition) is 6. The number of carbonyl (C=O) groups is 3. The first kappa shape index (κ1) is 19.8. The summed E-state index contributed by atoms with van der Waals surface area (Å²) in [6.07, 6.45) is 3.13. The quantitative estimate of drug-likeness (QED) is 0.761. The number of rotatable bonds is 4. The van der Waals surface area contributed by atoms with Crippen LogP contribution in [0.25, 0.3) is 0 Å². The molecule has 0 radical (unpaired) electrons. The summed E-state index contributed by atoms with van der Waals surface area (Å²) in [4.78, 5) is 43.6. The topological polar surface area (TPSA) is 115 Å². The van der Waals surface area contributed by atoms with Crippen molar-refractivity contribution in [2.24, 2.45) is 11.7 Å². The second-order valence-corrected chi connectivity index (χ2v) is 7.75. The lowest BCUT2D eigenvalue weighted by Gasteiger charge is -2.37. The molecular weight excluding hydrogens is 380 g/mol. The number of nitrogens with one attached hydrogen (secondary N) is 1. The van der Waals surface area contributed by atoms with Crippen LogP contribution in [0.15, 0.2) is 29.8 Å². The number of anilines is 1. The molecule has 0 bridgehead atoms. The summed E-state index contributed by atoms with van der Waals surface area (Å²) in [7, 11) is 1.36. The third-order valence-corrected chi connectivity index (χ3v) is 5.69. The van der Waals surface area contributed by atoms with Gasteiger partial charge in [0.15, 0.2) is 0 Å². The zero-order valence-corrected chi connectivity index (χ0v) is 16.5. The van der Waals surface area contributed by atoms with Gasteiger partial charge < -0.3 is 20.7 Å². The van der Waals surface area contributed by atoms with Crippen LogP contribution in [-0.4, -0.2) is 41.3 Å². The van der Waals surface area contributed by atoms with Crippen molar-refractivity contribution < 1.29 is 19.1 Å². The number of thiophene rings is 1. The summed E-state index contributed by atoms with van der Waals surface area (Å²) in [6, 6.07) is 5.16. The molecule has 0 aromatic carbocycles. The van der Waals surface area contributed by atoms with Crippen molar-refractivity contribution in [2.75, 3.05) is 19.0 Å². The van der Waals surface area contributed by atoms with E-state index in [4.69, 9.17) is 10.5 Å². The summed E-state index contributed by atoms with van der Waals surface area (Å²) >= 11 is 1.58. The van der Waals surface area contributed by atoms with E-state index in [-0.39, 0.29) is 23.2 Å². The molecule has 148 valence electrons. The molecule has 0 aliphatic carbocycles. The van der Waals surface area contributed by atoms with E-state index in [0.29, 0.717) is 12.5 Å². The molecule has 2 aromatic heterocycles. The highest BCUT2D eigenvalue weighted by atomic mass is 32.1. The Labute approximate surface area is 166 Å². The first-order chi connectivity index (χ1) is 13.4. The largest absolute Gasteiger partial charge is 0.480 e. The zero-order valence-electron chi connectivity index (χ0n) is 15.7. The van der Waals surface area contributed by atoms with E-state index in [0.717, 1.165) is 17.7 Å². The molecule has 3 N–H and O–H groups in total. The fourth-order valence-corrected chi connectivity index (χ4v) is 4.20. The van der Waals surface area contributed by atoms with Gasteiger partial charge in [0.2, 0.25) is 5.88 Å². The Hall–Kier alpha value is -2.94. The Morgan fingerprint density at radius 3 is 2.79 bits per heavy atom. The van der Waals surface area contributed by atoms with Gasteiger partial charge in [0, 0.05) is 11.4 Å². The van der Waals surface area contributed by atoms with E-state index in [2.05, 4.69) is 17.2 Å². The lowest BCUT2D eigenvalue weighted by Crippen LogP contribution is -2.46. The number of primary amides is 1. The van der Waals surface area contributed by atoms with Crippen LogP contribution < -0.4 is 15.8 Å². The van der Waals surface area contributed by atoms with Gasteiger partial charge in [-0.3, -0.25) is 14.4 Å². The number of nitrogens with two attached hydrogens (primary N) is 1. The van der Waals surface area contributed by atoms with Gasteiger partial charge in [0.05, 0.1) is 25.0 Å². The minimum absolute atomic E-state index is 0.0239. The predicted molar refractivity (Wildman–Crippen MR) is 105 cm³/mol. The van der Waals surface area contributed by atoms with E-state index in [1.54, 1.807) is 16.2 Å². The highest BCUT2D eigenvalue weighted by Crippen LogP contribution is 2.35. The minimum Gasteiger partial charge on any atom is -0.480 e. The average Bonchev–Trinajstić information content (AvgIpc) is 3.21. The number of piperidine rings is 1. The fraction of sp³-hybridized carbons (Fsp3) is 0.368. The van der Waals surface area contributed by atoms with Gasteiger partial charge in [-0.05, 0) is 36.3 Å². The van der Waals surface area contributed by atoms with E-state index in [1.807, 2.05) is 17.5 Å². The normalized spacial score (nSPS) is 19.1. The number of likely N-dealkylation sites (tertiary alicyclic amines) is 1. The van der Waals surface area contributed by atoms with Crippen LogP contribution >= 0.6 is 11.3 Å². The lowest BCUT2D eigenvalue weighted by molar-refractivity contribution is -0.146. The van der Waals surface area contributed by atoms with Crippen molar-refractivity contribution in [1.29, 1.82) is 0 Å². The van der Waals surface area contributed by atoms with Crippen molar-refractivity contribution in [3.63, 3.8) is 0 Å². The molecule has 28 heavy (non-hydrogen) atoms. The highest BCUT2D eigenvalue weighted by Gasteiger charge is 2.34. The SMILES string of the molecule is COc1ncc(NC(=O)C(=O)N2C[C@@H](C)CC[C@@H]2c2cccs2)cc1C(N)=O. The fourth-order valence-electron chi connectivity index (χ4n) is 3.33. The number of pyridine rings is 1. The highest BCUT2D eigenvalue weighted by molar-refractivity contribution is 7.10. The zero-order chi connectivity index (χ0) is 20.3. The monoisotopic (exact) mass is 402 g/mol. The number of hydrogen-bond donors (Lipinski definition) is 2. The molecule has 1 aliphatic heterocycles. The van der Waals surface area contributed by atoms with Gasteiger partial charge in [0.25, 0.3) is 5.91 Å². The number of amides is 3. The van der Waals surface area contributed by atoms with Crippen LogP contribution in [0.1, 0.15) is 41.0 Å². The van der Waals surface area contributed by atoms with Crippen molar-refractivity contribution in [1.82, 2.24) is 9.88 Å². The molecule has 2 atom stereocenters. The Bertz CT molecular complexity index is 884. The lowest BCUT2D eigenvalue weighted by atomic mass is 9.93. The Balaban J connectivity index is 1.78. The van der Waals surface area contributed by atoms with E-state index < -0.39 is 17.7 Å². The Morgan fingerprint density at radius 1 is 1.36 bits per heavy atom. The summed E-state index contributed by atoms with van der Waals surface area (Å²) < 4.78 is 4.98. The van der Waals surface area contributed by atoms with E-state index >= 15 is 0 Å². The van der Waals surface area contributed by atoms with E-state index in [9.17, 15) is 14.4 Å². The number of carbonyl (C=O) groups excluding carboxylic acids is 3. The predicted octanol–water partition coefficient (Wildman–Crippen LogP) is 2.19. The van der Waals surface area contributed by atoms with Crippen LogP contribution in [0.4, 0.5) is 5.69 Å². The minimum atomic E-state index is -0.780. The summed E-state index contributed by atoms with van der Waals surface area (Å²) in [5, 5.41) is 4.48. The standard InChI is InChI=1S/C19H22N4O4S/c1-11-5-6-14(15-4-3-7-28-15)23(10-11)19(26)17(25)22-12-8-13(16(20)24)18(27-2)21-9-12/h3-4,7-9,11,14H,5-6,10H2,1-2H3,(H2,20,24)(H,22,25)/t11-,14+/m0/s1. The van der Waals surface area contributed by atoms with Crippen molar-refractivity contribution in [3.8, 4) is 5.88 Å². The summed E-state index contributed by atoms with van der Waals surface area (Å²) in [5.74, 6) is -1.76. The van der Waals surface area contributed by atoms with Gasteiger partial charge in [-0.15, -0.1) is 11.3 Å². The molecule has 0 saturated carbocycles. The second-order valence-electron chi connectivity index (χ2n) is 6.77. The number of aromatic nitrogens is 1. The van der Waals surface area contributed by atoms with Gasteiger partial charge >= 0.3 is 11.8 Å². The smallest absolute Gasteiger partial charge is 0.313 e. The number of nitrogens with zero attached hydrogens (tertiary/aromatic N) is 2. The van der Waals surface area contributed by atoms with Gasteiger partial charge in [-0.25, -0.2) is 4.98 Å². The molecule has 1 saturated heterocycles. The first-order valence-corrected chi connectivity index (χ1v) is 9.77. The van der Waals surface area contributed by atoms with Crippen LogP contribution in [0.2, 0.25) is 0 Å². The molecule has 8 nitrogen and oxygen atoms in total. The average molecular weight is 402 g/mol. The molecule has 3 heterocycles. The molecule has 0 unspecified atom stereocenters. The molecule has 3 amide bonds. The van der Waals surface area contributed by atoms with Crippen molar-refractivity contribution >= 4 is 34.7 Å². The maximum absolute atomic E-state index is 12.9. The molecule has 0 spiro atoms. The molecule has 3 rings (SSSR count). The summed E-state index contributed by atoms with van der Waals surface area (Å²) in [5.41, 5.74) is 5.53. The third kappa shape index (κ3) is 4.14. The van der Waals surface area contributed by atoms with Crippen molar-refractivity contribution in [2.45, 2.75) is 25.8 Å². The number of methoxy groups -OCH3 is 1. The molecule has 1 aliphatic rings. The van der Waals surface area contributed by atoms with Crippen LogP contribution in [-0.2, 0) is 9.59 Å². The maximum atomic E-state index is 12.9. The van der Waals surface area contributed by atoms with Gasteiger partial charge in [-0.1, -0.05) is 13.0 Å². The summed E-state index contributed by atoms with van der Waals surface area (Å²) in [6.45, 7) is 2.58. The second kappa shape index (κ2) is 8.39. The van der Waals surface area contributed by atoms with E-state index in [1.165, 1.54) is 19.4 Å². The maximum Gasteiger partial charge on any atom is 0.313 e. The molecule has 2 aromatic rings. The van der Waals surface area contributed by atoms with Gasteiger partial charge in [-0.2, -0.15) is 0 Å². The Kier molecular flexibility index (Phi) is 5.93. The third-order valence-electron chi connectivity index (χ3n) is 4.71. The van der Waals surface area contributed by atoms with Crippen LogP contribution in [0, 0.1) is 5.92 Å². The molecule has 1 fully saturated rings. The first-order valence-electron chi connectivity index (χ1n) is 8.90. The molecule has 9 heteroatoms. The number of ether oxygens (including phenoxy) is 1. The van der Waals surface area contributed by atoms with Gasteiger partial charge in [0.1, 0.15) is 5.56 Å². The van der Waals surface area contributed by atoms with Crippen LogP contribution in [0.5, 0.6) is 5.88 Å². The Morgan fingerprint density at radius 2 is 2.14 bits per heavy atom.